The average molecular weight is 558 g/mol. The molecule has 1 aliphatic heterocycles. The molecule has 40 heavy (non-hydrogen) atoms. The molecule has 0 bridgehead atoms. The van der Waals surface area contributed by atoms with Crippen LogP contribution in [0.15, 0.2) is 81.6 Å². The maximum Gasteiger partial charge on any atom is 0.344 e. The van der Waals surface area contributed by atoms with Crippen molar-refractivity contribution in [3.8, 4) is 28.4 Å². The molecule has 0 amide bonds. The number of anilines is 1. The van der Waals surface area contributed by atoms with E-state index in [1.165, 1.54) is 26.4 Å². The number of methoxy groups -OCH3 is 2. The van der Waals surface area contributed by atoms with E-state index < -0.39 is 28.7 Å². The second kappa shape index (κ2) is 9.57. The Hall–Kier alpha value is -4.56. The standard InChI is InChI=1S/C31H24ClNO7/c1-16-12-20(14-25(34)31(16)29(35)26-23(37-2)15-24(38-3)27(32)28(26)40-31)33-19-10-8-17(9-11-19)21-13-18-6-4-5-7-22(18)39-30(21)36/h4-11,13-16,33H,12H2,1-3H3. The predicted molar refractivity (Wildman–Crippen MR) is 151 cm³/mol. The van der Waals surface area contributed by atoms with Gasteiger partial charge >= 0.3 is 5.63 Å². The number of rotatable bonds is 5. The predicted octanol–water partition coefficient (Wildman–Crippen LogP) is 6.05. The van der Waals surface area contributed by atoms with E-state index in [9.17, 15) is 14.4 Å². The number of nitrogens with one attached hydrogen (secondary N) is 1. The SMILES string of the molecule is COc1cc(OC)c2c(c1Cl)OC1(C(=O)C=C(Nc3ccc(-c4cc5ccccc5oc4=O)cc3)CC1C)C2=O. The molecule has 202 valence electrons. The van der Waals surface area contributed by atoms with Gasteiger partial charge < -0.3 is 23.9 Å². The first-order valence-corrected chi connectivity index (χ1v) is 13.0. The summed E-state index contributed by atoms with van der Waals surface area (Å²) in [6, 6.07) is 17.9. The van der Waals surface area contributed by atoms with Crippen LogP contribution in [-0.2, 0) is 4.79 Å². The molecular weight excluding hydrogens is 534 g/mol. The lowest BCUT2D eigenvalue weighted by molar-refractivity contribution is -0.129. The number of ketones is 2. The van der Waals surface area contributed by atoms with Gasteiger partial charge in [0, 0.05) is 34.8 Å². The van der Waals surface area contributed by atoms with Crippen molar-refractivity contribution in [2.45, 2.75) is 18.9 Å². The molecule has 2 aliphatic rings. The molecule has 0 radical (unpaired) electrons. The zero-order chi connectivity index (χ0) is 28.2. The van der Waals surface area contributed by atoms with Gasteiger partial charge in [-0.05, 0) is 36.2 Å². The zero-order valence-electron chi connectivity index (χ0n) is 21.9. The lowest BCUT2D eigenvalue weighted by Gasteiger charge is -2.35. The summed E-state index contributed by atoms with van der Waals surface area (Å²) < 4.78 is 22.2. The number of carbonyl (C=O) groups is 2. The summed E-state index contributed by atoms with van der Waals surface area (Å²) in [6.07, 6.45) is 1.76. The number of ether oxygens (including phenoxy) is 3. The van der Waals surface area contributed by atoms with Gasteiger partial charge in [-0.1, -0.05) is 48.9 Å². The molecule has 4 aromatic rings. The molecule has 0 fully saturated rings. The number of hydrogen-bond acceptors (Lipinski definition) is 8. The van der Waals surface area contributed by atoms with Crippen molar-refractivity contribution in [2.75, 3.05) is 19.5 Å². The van der Waals surface area contributed by atoms with Gasteiger partial charge in [-0.15, -0.1) is 0 Å². The summed E-state index contributed by atoms with van der Waals surface area (Å²) >= 11 is 6.46. The van der Waals surface area contributed by atoms with Crippen LogP contribution in [0.3, 0.4) is 0 Å². The van der Waals surface area contributed by atoms with Crippen molar-refractivity contribution in [2.24, 2.45) is 5.92 Å². The lowest BCUT2D eigenvalue weighted by atomic mass is 9.74. The second-order valence-corrected chi connectivity index (χ2v) is 10.2. The van der Waals surface area contributed by atoms with Crippen LogP contribution >= 0.6 is 11.6 Å². The van der Waals surface area contributed by atoms with Gasteiger partial charge in [0.25, 0.3) is 0 Å². The number of Topliss-reactive ketones (excluding diaryl/α,β-unsaturated/α-hetero) is 1. The second-order valence-electron chi connectivity index (χ2n) is 9.79. The third kappa shape index (κ3) is 3.86. The molecule has 2 heterocycles. The van der Waals surface area contributed by atoms with Crippen LogP contribution in [0.1, 0.15) is 23.7 Å². The van der Waals surface area contributed by atoms with E-state index in [0.29, 0.717) is 34.5 Å². The molecule has 1 N–H and O–H groups in total. The molecule has 0 saturated heterocycles. The molecule has 1 aromatic heterocycles. The Labute approximate surface area is 234 Å². The third-order valence-corrected chi connectivity index (χ3v) is 7.81. The number of halogens is 1. The van der Waals surface area contributed by atoms with Crippen LogP contribution < -0.4 is 25.2 Å². The van der Waals surface area contributed by atoms with Crippen LogP contribution in [0.2, 0.25) is 5.02 Å². The van der Waals surface area contributed by atoms with Gasteiger partial charge in [-0.3, -0.25) is 9.59 Å². The first-order chi connectivity index (χ1) is 19.3. The Morgan fingerprint density at radius 1 is 0.975 bits per heavy atom. The van der Waals surface area contributed by atoms with E-state index in [1.54, 1.807) is 31.2 Å². The molecule has 1 spiro atoms. The van der Waals surface area contributed by atoms with Crippen LogP contribution in [0.25, 0.3) is 22.1 Å². The molecular formula is C31H24ClNO7. The van der Waals surface area contributed by atoms with Gasteiger partial charge in [-0.25, -0.2) is 4.79 Å². The van der Waals surface area contributed by atoms with Crippen molar-refractivity contribution < 1.29 is 28.2 Å². The summed E-state index contributed by atoms with van der Waals surface area (Å²) in [5.41, 5.74) is 0.998. The van der Waals surface area contributed by atoms with Gasteiger partial charge in [-0.2, -0.15) is 0 Å². The molecule has 0 saturated carbocycles. The maximum atomic E-state index is 13.7. The smallest absolute Gasteiger partial charge is 0.344 e. The van der Waals surface area contributed by atoms with Gasteiger partial charge in [0.1, 0.15) is 27.7 Å². The van der Waals surface area contributed by atoms with E-state index in [4.69, 9.17) is 30.2 Å². The Kier molecular flexibility index (Phi) is 6.15. The molecule has 3 aromatic carbocycles. The van der Waals surface area contributed by atoms with E-state index in [1.807, 2.05) is 30.3 Å². The van der Waals surface area contributed by atoms with Gasteiger partial charge in [0.05, 0.1) is 19.8 Å². The first-order valence-electron chi connectivity index (χ1n) is 12.6. The van der Waals surface area contributed by atoms with E-state index >= 15 is 0 Å². The number of para-hydroxylation sites is 1. The third-order valence-electron chi connectivity index (χ3n) is 7.45. The topological polar surface area (TPSA) is 104 Å². The van der Waals surface area contributed by atoms with E-state index in [-0.39, 0.29) is 27.8 Å². The lowest BCUT2D eigenvalue weighted by Crippen LogP contribution is -2.55. The Balaban J connectivity index is 1.27. The van der Waals surface area contributed by atoms with E-state index in [0.717, 1.165) is 5.39 Å². The van der Waals surface area contributed by atoms with Crippen molar-refractivity contribution in [3.05, 3.63) is 93.4 Å². The average Bonchev–Trinajstić information content (AvgIpc) is 3.27. The Morgan fingerprint density at radius 2 is 1.70 bits per heavy atom. The van der Waals surface area contributed by atoms with Gasteiger partial charge in [0.2, 0.25) is 17.2 Å². The van der Waals surface area contributed by atoms with Crippen molar-refractivity contribution in [1.82, 2.24) is 0 Å². The van der Waals surface area contributed by atoms with Crippen LogP contribution in [0.5, 0.6) is 17.2 Å². The number of benzene rings is 3. The monoisotopic (exact) mass is 557 g/mol. The Morgan fingerprint density at radius 3 is 2.40 bits per heavy atom. The number of carbonyl (C=O) groups excluding carboxylic acids is 2. The van der Waals surface area contributed by atoms with E-state index in [2.05, 4.69) is 5.32 Å². The molecule has 1 aliphatic carbocycles. The van der Waals surface area contributed by atoms with Crippen LogP contribution in [-0.4, -0.2) is 31.4 Å². The Bertz CT molecular complexity index is 1790. The summed E-state index contributed by atoms with van der Waals surface area (Å²) in [7, 11) is 2.87. The highest BCUT2D eigenvalue weighted by atomic mass is 35.5. The van der Waals surface area contributed by atoms with Crippen LogP contribution in [0, 0.1) is 5.92 Å². The number of allylic oxidation sites excluding steroid dienone is 1. The minimum absolute atomic E-state index is 0.0848. The summed E-state index contributed by atoms with van der Waals surface area (Å²) in [6.45, 7) is 1.79. The van der Waals surface area contributed by atoms with Gasteiger partial charge in [0.15, 0.2) is 5.75 Å². The molecule has 6 rings (SSSR count). The summed E-state index contributed by atoms with van der Waals surface area (Å²) in [5.74, 6) is -0.901. The number of fused-ring (bicyclic) bond motifs is 2. The van der Waals surface area contributed by atoms with Crippen LogP contribution in [0.4, 0.5) is 5.69 Å². The molecule has 9 heteroatoms. The zero-order valence-corrected chi connectivity index (χ0v) is 22.6. The highest BCUT2D eigenvalue weighted by Gasteiger charge is 2.60. The number of hydrogen-bond donors (Lipinski definition) is 1. The molecule has 8 nitrogen and oxygen atoms in total. The minimum atomic E-state index is -1.75. The first kappa shape index (κ1) is 25.7. The fourth-order valence-electron chi connectivity index (χ4n) is 5.40. The summed E-state index contributed by atoms with van der Waals surface area (Å²) in [5, 5.41) is 4.20. The fraction of sp³-hybridized carbons (Fsp3) is 0.194. The highest BCUT2D eigenvalue weighted by molar-refractivity contribution is 6.36. The molecule has 2 unspecified atom stereocenters. The van der Waals surface area contributed by atoms with Crippen molar-refractivity contribution in [1.29, 1.82) is 0 Å². The van der Waals surface area contributed by atoms with Crippen molar-refractivity contribution >= 4 is 39.8 Å². The fourth-order valence-corrected chi connectivity index (χ4v) is 5.66. The maximum absolute atomic E-state index is 13.7. The normalized spacial score (nSPS) is 19.8. The summed E-state index contributed by atoms with van der Waals surface area (Å²) in [4.78, 5) is 39.7. The molecule has 2 atom stereocenters. The minimum Gasteiger partial charge on any atom is -0.496 e. The van der Waals surface area contributed by atoms with Crippen molar-refractivity contribution in [3.63, 3.8) is 0 Å². The highest BCUT2D eigenvalue weighted by Crippen LogP contribution is 2.53. The quantitative estimate of drug-likeness (QED) is 0.234. The largest absolute Gasteiger partial charge is 0.496 e.